The summed E-state index contributed by atoms with van der Waals surface area (Å²) in [6, 6.07) is 0.883. The number of carbonyl (C=O) groups is 1. The Morgan fingerprint density at radius 2 is 2.21 bits per heavy atom. The van der Waals surface area contributed by atoms with Gasteiger partial charge in [-0.2, -0.15) is 0 Å². The molecule has 1 aromatic heterocycles. The van der Waals surface area contributed by atoms with Crippen molar-refractivity contribution in [1.29, 1.82) is 0 Å². The molecule has 0 bridgehead atoms. The summed E-state index contributed by atoms with van der Waals surface area (Å²) in [5.41, 5.74) is -0.850. The number of nitrogens with zero attached hydrogens (tertiary/aromatic N) is 1. The third-order valence-corrected chi connectivity index (χ3v) is 3.20. The number of hydrogen-bond acceptors (Lipinski definition) is 4. The fourth-order valence-electron chi connectivity index (χ4n) is 1.71. The molecular weight excluding hydrogens is 253 g/mol. The van der Waals surface area contributed by atoms with Gasteiger partial charge in [-0.3, -0.25) is 4.79 Å². The van der Waals surface area contributed by atoms with Crippen molar-refractivity contribution in [2.45, 2.75) is 31.9 Å². The lowest BCUT2D eigenvalue weighted by Gasteiger charge is -2.12. The molecule has 0 saturated heterocycles. The van der Waals surface area contributed by atoms with E-state index in [0.29, 0.717) is 6.61 Å². The van der Waals surface area contributed by atoms with Gasteiger partial charge in [0.1, 0.15) is 0 Å². The Morgan fingerprint density at radius 3 is 2.79 bits per heavy atom. The van der Waals surface area contributed by atoms with Gasteiger partial charge in [0.2, 0.25) is 0 Å². The minimum Gasteiger partial charge on any atom is -0.465 e. The highest BCUT2D eigenvalue weighted by atomic mass is 19.1. The molecule has 0 radical (unpaired) electrons. The topological polar surface area (TPSA) is 57.5 Å². The van der Waals surface area contributed by atoms with Crippen LogP contribution in [0.15, 0.2) is 17.1 Å². The molecule has 6 heteroatoms. The summed E-state index contributed by atoms with van der Waals surface area (Å²) in [6.07, 6.45) is 3.28. The Kier molecular flexibility index (Phi) is 3.71. The van der Waals surface area contributed by atoms with E-state index in [1.54, 1.807) is 0 Å². The third kappa shape index (κ3) is 3.20. The number of hydrogen-bond donors (Lipinski definition) is 0. The van der Waals surface area contributed by atoms with Crippen LogP contribution >= 0.6 is 0 Å². The zero-order chi connectivity index (χ0) is 14.0. The van der Waals surface area contributed by atoms with Crippen molar-refractivity contribution in [2.75, 3.05) is 13.7 Å². The highest BCUT2D eigenvalue weighted by Gasteiger charge is 2.38. The van der Waals surface area contributed by atoms with Crippen LogP contribution in [0.4, 0.5) is 4.39 Å². The van der Waals surface area contributed by atoms with Crippen LogP contribution in [0.3, 0.4) is 0 Å². The van der Waals surface area contributed by atoms with E-state index in [0.717, 1.165) is 23.5 Å². The molecule has 1 aliphatic rings. The molecule has 0 atom stereocenters. The number of halogens is 1. The molecule has 0 aromatic carbocycles. The second kappa shape index (κ2) is 5.13. The minimum atomic E-state index is -0.972. The number of ether oxygens (including phenoxy) is 2. The second-order valence-corrected chi connectivity index (χ2v) is 4.87. The molecule has 1 saturated carbocycles. The van der Waals surface area contributed by atoms with Crippen LogP contribution < -0.4 is 5.56 Å². The molecular formula is C13H16FNO4. The smallest absolute Gasteiger partial charge is 0.339 e. The molecule has 104 valence electrons. The van der Waals surface area contributed by atoms with Crippen LogP contribution in [0.25, 0.3) is 0 Å². The van der Waals surface area contributed by atoms with Crippen LogP contribution in [0.1, 0.15) is 30.1 Å². The van der Waals surface area contributed by atoms with Gasteiger partial charge in [0.25, 0.3) is 5.56 Å². The number of aromatic nitrogens is 1. The molecule has 5 nitrogen and oxygen atoms in total. The normalized spacial score (nSPS) is 16.2. The predicted octanol–water partition coefficient (Wildman–Crippen LogP) is 1.34. The maximum atomic E-state index is 13.4. The van der Waals surface area contributed by atoms with E-state index in [1.807, 2.05) is 6.92 Å². The van der Waals surface area contributed by atoms with Gasteiger partial charge in [0, 0.05) is 12.7 Å². The molecule has 1 aromatic rings. The van der Waals surface area contributed by atoms with Crippen LogP contribution in [-0.4, -0.2) is 29.9 Å². The van der Waals surface area contributed by atoms with Crippen molar-refractivity contribution >= 4 is 5.97 Å². The fraction of sp³-hybridized carbons (Fsp3) is 0.538. The number of methoxy groups -OCH3 is 1. The van der Waals surface area contributed by atoms with Gasteiger partial charge in [0.05, 0.1) is 24.9 Å². The van der Waals surface area contributed by atoms with Gasteiger partial charge >= 0.3 is 5.97 Å². The van der Waals surface area contributed by atoms with Crippen LogP contribution in [0.5, 0.6) is 0 Å². The molecule has 2 rings (SSSR count). The fourth-order valence-corrected chi connectivity index (χ4v) is 1.71. The number of esters is 1. The summed E-state index contributed by atoms with van der Waals surface area (Å²) in [5, 5.41) is 0. The summed E-state index contributed by atoms with van der Waals surface area (Å²) in [5.74, 6) is -1.65. The Morgan fingerprint density at radius 1 is 1.53 bits per heavy atom. The quantitative estimate of drug-likeness (QED) is 0.757. The van der Waals surface area contributed by atoms with Gasteiger partial charge in [0.15, 0.2) is 5.82 Å². The molecule has 0 aliphatic heterocycles. The van der Waals surface area contributed by atoms with E-state index < -0.39 is 17.3 Å². The molecule has 1 fully saturated rings. The first-order valence-electron chi connectivity index (χ1n) is 6.07. The number of pyridine rings is 1. The molecule has 0 N–H and O–H groups in total. The van der Waals surface area contributed by atoms with E-state index in [9.17, 15) is 14.0 Å². The first-order valence-corrected chi connectivity index (χ1v) is 6.07. The van der Waals surface area contributed by atoms with E-state index in [-0.39, 0.29) is 17.7 Å². The van der Waals surface area contributed by atoms with E-state index >= 15 is 0 Å². The Hall–Kier alpha value is -1.69. The summed E-state index contributed by atoms with van der Waals surface area (Å²) >= 11 is 0. The maximum absolute atomic E-state index is 13.4. The molecule has 1 aliphatic carbocycles. The maximum Gasteiger partial charge on any atom is 0.339 e. The number of rotatable bonds is 5. The summed E-state index contributed by atoms with van der Waals surface area (Å²) in [7, 11) is 1.20. The summed E-state index contributed by atoms with van der Waals surface area (Å²) in [4.78, 5) is 22.9. The standard InChI is InChI=1S/C13H16FNO4/c1-13(3-4-13)19-6-5-15-8-9(12(17)18-2)7-10(14)11(15)16/h7-8H,3-6H2,1-2H3. The van der Waals surface area contributed by atoms with Crippen molar-refractivity contribution < 1.29 is 18.7 Å². The zero-order valence-electron chi connectivity index (χ0n) is 10.9. The Balaban J connectivity index is 2.11. The Labute approximate surface area is 109 Å². The highest BCUT2D eigenvalue weighted by molar-refractivity contribution is 5.88. The van der Waals surface area contributed by atoms with Crippen molar-refractivity contribution in [3.63, 3.8) is 0 Å². The lowest BCUT2D eigenvalue weighted by atomic mass is 10.3. The van der Waals surface area contributed by atoms with Gasteiger partial charge in [-0.1, -0.05) is 0 Å². The minimum absolute atomic E-state index is 0.0113. The van der Waals surface area contributed by atoms with Gasteiger partial charge in [-0.15, -0.1) is 0 Å². The van der Waals surface area contributed by atoms with E-state index in [1.165, 1.54) is 13.3 Å². The van der Waals surface area contributed by atoms with Crippen LogP contribution in [-0.2, 0) is 16.0 Å². The molecule has 19 heavy (non-hydrogen) atoms. The summed E-state index contributed by atoms with van der Waals surface area (Å²) < 4.78 is 24.6. The lowest BCUT2D eigenvalue weighted by Crippen LogP contribution is -2.27. The third-order valence-electron chi connectivity index (χ3n) is 3.20. The van der Waals surface area contributed by atoms with Crippen LogP contribution in [0.2, 0.25) is 0 Å². The van der Waals surface area contributed by atoms with Crippen molar-refractivity contribution in [2.24, 2.45) is 0 Å². The van der Waals surface area contributed by atoms with Gasteiger partial charge < -0.3 is 14.0 Å². The predicted molar refractivity (Wildman–Crippen MR) is 65.6 cm³/mol. The molecule has 0 unspecified atom stereocenters. The average molecular weight is 269 g/mol. The SMILES string of the molecule is COC(=O)c1cc(F)c(=O)n(CCOC2(C)CC2)c1. The first kappa shape index (κ1) is 13.7. The van der Waals surface area contributed by atoms with E-state index in [2.05, 4.69) is 4.74 Å². The zero-order valence-corrected chi connectivity index (χ0v) is 10.9. The van der Waals surface area contributed by atoms with E-state index in [4.69, 9.17) is 4.74 Å². The van der Waals surface area contributed by atoms with Crippen molar-refractivity contribution in [3.05, 3.63) is 34.0 Å². The lowest BCUT2D eigenvalue weighted by molar-refractivity contribution is 0.0404. The first-order chi connectivity index (χ1) is 8.95. The van der Waals surface area contributed by atoms with Crippen LogP contribution in [0, 0.1) is 5.82 Å². The summed E-state index contributed by atoms with van der Waals surface area (Å²) in [6.45, 7) is 2.50. The van der Waals surface area contributed by atoms with Crippen molar-refractivity contribution in [1.82, 2.24) is 4.57 Å². The largest absolute Gasteiger partial charge is 0.465 e. The van der Waals surface area contributed by atoms with Crippen molar-refractivity contribution in [3.8, 4) is 0 Å². The van der Waals surface area contributed by atoms with Gasteiger partial charge in [-0.05, 0) is 25.8 Å². The highest BCUT2D eigenvalue weighted by Crippen LogP contribution is 2.38. The average Bonchev–Trinajstić information content (AvgIpc) is 3.11. The van der Waals surface area contributed by atoms with Gasteiger partial charge in [-0.25, -0.2) is 9.18 Å². The molecule has 0 amide bonds. The monoisotopic (exact) mass is 269 g/mol. The Bertz CT molecular complexity index is 548. The molecule has 0 spiro atoms. The number of carbonyl (C=O) groups excluding carboxylic acids is 1. The molecule has 1 heterocycles. The second-order valence-electron chi connectivity index (χ2n) is 4.87.